The van der Waals surface area contributed by atoms with Gasteiger partial charge < -0.3 is 14.4 Å². The van der Waals surface area contributed by atoms with E-state index in [1.54, 1.807) is 6.33 Å². The summed E-state index contributed by atoms with van der Waals surface area (Å²) in [5.41, 5.74) is 5.82. The number of rotatable bonds is 4. The van der Waals surface area contributed by atoms with E-state index in [1.807, 2.05) is 6.33 Å². The molecule has 0 unspecified atom stereocenters. The Morgan fingerprint density at radius 3 is 2.67 bits per heavy atom. The molecule has 2 aromatic heterocycles. The fourth-order valence-electron chi connectivity index (χ4n) is 5.00. The van der Waals surface area contributed by atoms with Crippen LogP contribution in [0.5, 0.6) is 0 Å². The van der Waals surface area contributed by atoms with Gasteiger partial charge in [0.25, 0.3) is 0 Å². The smallest absolute Gasteiger partial charge is 0.144 e. The first-order valence-electron chi connectivity index (χ1n) is 11.0. The van der Waals surface area contributed by atoms with Gasteiger partial charge in [-0.1, -0.05) is 18.2 Å². The molecule has 152 valence electrons. The highest BCUT2D eigenvalue weighted by molar-refractivity contribution is 6.00. The molecule has 2 aromatic carbocycles. The Kier molecular flexibility index (Phi) is 4.38. The summed E-state index contributed by atoms with van der Waals surface area (Å²) in [6.07, 6.45) is 8.59. The van der Waals surface area contributed by atoms with Crippen LogP contribution in [-0.4, -0.2) is 50.6 Å². The molecular weight excluding hydrogens is 372 g/mol. The molecule has 0 amide bonds. The summed E-state index contributed by atoms with van der Waals surface area (Å²) in [5, 5.41) is 1.08. The summed E-state index contributed by atoms with van der Waals surface area (Å²) in [6, 6.07) is 13.0. The van der Waals surface area contributed by atoms with E-state index < -0.39 is 0 Å². The molecule has 30 heavy (non-hydrogen) atoms. The molecule has 0 atom stereocenters. The second kappa shape index (κ2) is 7.36. The largest absolute Gasteiger partial charge is 0.329 e. The Labute approximate surface area is 176 Å². The molecule has 2 aliphatic rings. The normalized spacial score (nSPS) is 17.1. The monoisotopic (exact) mass is 398 g/mol. The van der Waals surface area contributed by atoms with Gasteiger partial charge in [0.15, 0.2) is 0 Å². The van der Waals surface area contributed by atoms with Crippen LogP contribution in [0.2, 0.25) is 0 Å². The molecule has 1 saturated heterocycles. The van der Waals surface area contributed by atoms with E-state index >= 15 is 0 Å². The van der Waals surface area contributed by atoms with Crippen LogP contribution in [-0.2, 0) is 13.0 Å². The average Bonchev–Trinajstić information content (AvgIpc) is 3.45. The van der Waals surface area contributed by atoms with Crippen molar-refractivity contribution in [2.45, 2.75) is 32.2 Å². The lowest BCUT2D eigenvalue weighted by atomic mass is 10.0. The molecule has 6 heteroatoms. The zero-order valence-corrected chi connectivity index (χ0v) is 17.2. The fourth-order valence-corrected chi connectivity index (χ4v) is 5.00. The third-order valence-electron chi connectivity index (χ3n) is 6.58. The van der Waals surface area contributed by atoms with Crippen LogP contribution in [0.25, 0.3) is 21.9 Å². The van der Waals surface area contributed by atoms with Gasteiger partial charge in [-0.3, -0.25) is 0 Å². The molecule has 0 spiro atoms. The third-order valence-corrected chi connectivity index (χ3v) is 6.58. The summed E-state index contributed by atoms with van der Waals surface area (Å²) in [5.74, 6) is 0.987. The maximum absolute atomic E-state index is 4.71. The quantitative estimate of drug-likeness (QED) is 0.517. The summed E-state index contributed by atoms with van der Waals surface area (Å²) in [6.45, 7) is 5.49. The third kappa shape index (κ3) is 3.03. The summed E-state index contributed by atoms with van der Waals surface area (Å²) < 4.78 is 2.27. The Balaban J connectivity index is 1.40. The minimum Gasteiger partial charge on any atom is -0.329 e. The number of para-hydroxylation sites is 1. The Morgan fingerprint density at radius 2 is 1.73 bits per heavy atom. The molecule has 0 N–H and O–H groups in total. The molecule has 0 aliphatic carbocycles. The minimum absolute atomic E-state index is 0.972. The number of anilines is 2. The van der Waals surface area contributed by atoms with Gasteiger partial charge in [-0.2, -0.15) is 0 Å². The van der Waals surface area contributed by atoms with E-state index in [-0.39, 0.29) is 0 Å². The number of fused-ring (bicyclic) bond motifs is 3. The molecule has 0 bridgehead atoms. The van der Waals surface area contributed by atoms with Gasteiger partial charge in [-0.05, 0) is 62.5 Å². The minimum atomic E-state index is 0.972. The van der Waals surface area contributed by atoms with E-state index in [9.17, 15) is 0 Å². The highest BCUT2D eigenvalue weighted by atomic mass is 15.2. The predicted molar refractivity (Wildman–Crippen MR) is 120 cm³/mol. The van der Waals surface area contributed by atoms with Gasteiger partial charge in [0.2, 0.25) is 0 Å². The molecule has 6 nitrogen and oxygen atoms in total. The van der Waals surface area contributed by atoms with Crippen LogP contribution in [0, 0.1) is 0 Å². The van der Waals surface area contributed by atoms with Gasteiger partial charge >= 0.3 is 0 Å². The standard InChI is InChI=1S/C24H26N6/c1-2-8-22-18(6-1)7-5-11-30(22)24-19-14-21-23(15-20(19)25-16-26-24)29(17-27-21)13-12-28-9-3-4-10-28/h1-2,6,8,14-17H,3-5,7,9-13H2. The number of likely N-dealkylation sites (tertiary alicyclic amines) is 1. The molecule has 1 fully saturated rings. The van der Waals surface area contributed by atoms with E-state index in [1.165, 1.54) is 37.2 Å². The molecule has 2 aliphatic heterocycles. The van der Waals surface area contributed by atoms with Crippen molar-refractivity contribution in [2.75, 3.05) is 31.1 Å². The van der Waals surface area contributed by atoms with E-state index in [4.69, 9.17) is 9.97 Å². The van der Waals surface area contributed by atoms with Gasteiger partial charge in [0.1, 0.15) is 12.1 Å². The van der Waals surface area contributed by atoms with Crippen LogP contribution in [0.3, 0.4) is 0 Å². The van der Waals surface area contributed by atoms with Crippen LogP contribution >= 0.6 is 0 Å². The molecule has 0 saturated carbocycles. The SMILES string of the molecule is c1ccc2c(c1)CCCN2c1ncnc2cc3c(cc12)ncn3CCN1CCCC1. The van der Waals surface area contributed by atoms with Crippen molar-refractivity contribution in [1.29, 1.82) is 0 Å². The van der Waals surface area contributed by atoms with Crippen molar-refractivity contribution in [1.82, 2.24) is 24.4 Å². The second-order valence-corrected chi connectivity index (χ2v) is 8.43. The van der Waals surface area contributed by atoms with Crippen LogP contribution < -0.4 is 4.90 Å². The number of aryl methyl sites for hydroxylation is 1. The number of hydrogen-bond donors (Lipinski definition) is 0. The maximum Gasteiger partial charge on any atom is 0.144 e. The zero-order valence-electron chi connectivity index (χ0n) is 17.2. The first kappa shape index (κ1) is 17.8. The highest BCUT2D eigenvalue weighted by Gasteiger charge is 2.21. The van der Waals surface area contributed by atoms with Crippen LogP contribution in [0.15, 0.2) is 49.1 Å². The molecule has 4 aromatic rings. The highest BCUT2D eigenvalue weighted by Crippen LogP contribution is 2.36. The number of aromatic nitrogens is 4. The molecule has 4 heterocycles. The van der Waals surface area contributed by atoms with Crippen molar-refractivity contribution in [3.63, 3.8) is 0 Å². The lowest BCUT2D eigenvalue weighted by molar-refractivity contribution is 0.324. The van der Waals surface area contributed by atoms with Gasteiger partial charge in [-0.15, -0.1) is 0 Å². The predicted octanol–water partition coefficient (Wildman–Crippen LogP) is 4.16. The van der Waals surface area contributed by atoms with Gasteiger partial charge in [0, 0.05) is 30.7 Å². The van der Waals surface area contributed by atoms with Crippen LogP contribution in [0.4, 0.5) is 11.5 Å². The number of hydrogen-bond acceptors (Lipinski definition) is 5. The van der Waals surface area contributed by atoms with Crippen molar-refractivity contribution < 1.29 is 0 Å². The lowest BCUT2D eigenvalue weighted by Crippen LogP contribution is -2.25. The van der Waals surface area contributed by atoms with Crippen molar-refractivity contribution in [3.05, 3.63) is 54.6 Å². The van der Waals surface area contributed by atoms with E-state index in [0.717, 1.165) is 60.2 Å². The van der Waals surface area contributed by atoms with E-state index in [2.05, 4.69) is 55.7 Å². The maximum atomic E-state index is 4.71. The zero-order chi connectivity index (χ0) is 19.9. The topological polar surface area (TPSA) is 50.1 Å². The van der Waals surface area contributed by atoms with Gasteiger partial charge in [0.05, 0.1) is 22.9 Å². The average molecular weight is 399 g/mol. The number of nitrogens with zero attached hydrogens (tertiary/aromatic N) is 6. The van der Waals surface area contributed by atoms with Crippen molar-refractivity contribution in [3.8, 4) is 0 Å². The number of imidazole rings is 1. The Morgan fingerprint density at radius 1 is 0.833 bits per heavy atom. The Bertz CT molecular complexity index is 1210. The summed E-state index contributed by atoms with van der Waals surface area (Å²) in [7, 11) is 0. The lowest BCUT2D eigenvalue weighted by Gasteiger charge is -2.31. The molecular formula is C24H26N6. The first-order chi connectivity index (χ1) is 14.9. The second-order valence-electron chi connectivity index (χ2n) is 8.43. The molecule has 0 radical (unpaired) electrons. The van der Waals surface area contributed by atoms with Gasteiger partial charge in [-0.25, -0.2) is 15.0 Å². The summed E-state index contributed by atoms with van der Waals surface area (Å²) in [4.78, 5) is 18.9. The van der Waals surface area contributed by atoms with E-state index in [0.29, 0.717) is 0 Å². The summed E-state index contributed by atoms with van der Waals surface area (Å²) >= 11 is 0. The molecule has 6 rings (SSSR count). The Hall–Kier alpha value is -2.99. The fraction of sp³-hybridized carbons (Fsp3) is 0.375. The van der Waals surface area contributed by atoms with Crippen LogP contribution in [0.1, 0.15) is 24.8 Å². The van der Waals surface area contributed by atoms with Crippen molar-refractivity contribution in [2.24, 2.45) is 0 Å². The number of benzene rings is 2. The van der Waals surface area contributed by atoms with Crippen molar-refractivity contribution >= 4 is 33.4 Å². The first-order valence-corrected chi connectivity index (χ1v) is 11.0.